The molecule has 2 heterocycles. The molecule has 0 spiro atoms. The van der Waals surface area contributed by atoms with E-state index < -0.39 is 21.7 Å². The third-order valence-electron chi connectivity index (χ3n) is 5.13. The number of anilines is 1. The number of carbonyl (C=O) groups excluding carboxylic acids is 1. The first-order chi connectivity index (χ1) is 14.2. The molecule has 0 atom stereocenters. The van der Waals surface area contributed by atoms with Gasteiger partial charge in [-0.2, -0.15) is 0 Å². The molecule has 3 rings (SSSR count). The van der Waals surface area contributed by atoms with Crippen molar-refractivity contribution in [1.29, 1.82) is 0 Å². The molecule has 2 amide bonds. The zero-order valence-corrected chi connectivity index (χ0v) is 18.5. The van der Waals surface area contributed by atoms with E-state index in [1.165, 1.54) is 27.8 Å². The molecule has 30 heavy (non-hydrogen) atoms. The Balaban J connectivity index is 1.58. The Hall–Kier alpha value is -2.04. The Kier molecular flexibility index (Phi) is 7.10. The third-order valence-corrected chi connectivity index (χ3v) is 8.26. The lowest BCUT2D eigenvalue weighted by Crippen LogP contribution is -2.48. The fraction of sp³-hybridized carbons (Fsp3) is 0.450. The summed E-state index contributed by atoms with van der Waals surface area (Å²) in [4.78, 5) is 14.8. The number of nitrogens with one attached hydrogen (secondary N) is 1. The van der Waals surface area contributed by atoms with Crippen molar-refractivity contribution < 1.29 is 22.0 Å². The van der Waals surface area contributed by atoms with Crippen molar-refractivity contribution >= 4 is 32.4 Å². The van der Waals surface area contributed by atoms with Gasteiger partial charge in [-0.1, -0.05) is 6.92 Å². The summed E-state index contributed by atoms with van der Waals surface area (Å²) in [6, 6.07) is 6.33. The van der Waals surface area contributed by atoms with E-state index in [4.69, 9.17) is 0 Å². The summed E-state index contributed by atoms with van der Waals surface area (Å²) in [5.41, 5.74) is 0.409. The zero-order valence-electron chi connectivity index (χ0n) is 16.9. The van der Waals surface area contributed by atoms with Gasteiger partial charge in [-0.05, 0) is 49.1 Å². The summed E-state index contributed by atoms with van der Waals surface area (Å²) in [6.45, 7) is 2.64. The van der Waals surface area contributed by atoms with Crippen molar-refractivity contribution in [3.05, 3.63) is 42.0 Å². The number of rotatable bonds is 6. The minimum atomic E-state index is -3.22. The molecule has 10 heteroatoms. The van der Waals surface area contributed by atoms with Crippen LogP contribution >= 0.6 is 11.3 Å². The van der Waals surface area contributed by atoms with Crippen molar-refractivity contribution in [2.45, 2.75) is 32.2 Å². The van der Waals surface area contributed by atoms with E-state index in [0.717, 1.165) is 6.07 Å². The minimum Gasteiger partial charge on any atom is -0.324 e. The number of hydrogen-bond donors (Lipinski definition) is 1. The maximum absolute atomic E-state index is 13.4. The SMILES string of the molecule is CCCS(=O)(=O)N1CCC(N(C)C(=O)Nc2ccc(-c3cc(F)cc(F)c3)s2)CC1. The number of urea groups is 1. The Bertz CT molecular complexity index is 982. The van der Waals surface area contributed by atoms with Gasteiger partial charge in [0, 0.05) is 37.1 Å². The average molecular weight is 458 g/mol. The predicted molar refractivity (Wildman–Crippen MR) is 115 cm³/mol. The second-order valence-electron chi connectivity index (χ2n) is 7.31. The highest BCUT2D eigenvalue weighted by Crippen LogP contribution is 2.32. The van der Waals surface area contributed by atoms with Crippen molar-refractivity contribution in [2.24, 2.45) is 0 Å². The smallest absolute Gasteiger partial charge is 0.322 e. The lowest BCUT2D eigenvalue weighted by Gasteiger charge is -2.36. The van der Waals surface area contributed by atoms with Crippen LogP contribution < -0.4 is 5.32 Å². The molecule has 164 valence electrons. The summed E-state index contributed by atoms with van der Waals surface area (Å²) >= 11 is 1.23. The fourth-order valence-corrected chi connectivity index (χ4v) is 5.93. The molecule has 0 saturated carbocycles. The number of carbonyl (C=O) groups is 1. The molecule has 1 N–H and O–H groups in total. The monoisotopic (exact) mass is 457 g/mol. The molecule has 1 fully saturated rings. The molecule has 1 aromatic heterocycles. The van der Waals surface area contributed by atoms with Gasteiger partial charge in [-0.15, -0.1) is 11.3 Å². The maximum atomic E-state index is 13.4. The molecule has 6 nitrogen and oxygen atoms in total. The minimum absolute atomic E-state index is 0.0603. The van der Waals surface area contributed by atoms with Gasteiger partial charge in [0.05, 0.1) is 10.8 Å². The second-order valence-corrected chi connectivity index (χ2v) is 10.5. The number of hydrogen-bond acceptors (Lipinski definition) is 4. The Morgan fingerprint density at radius 3 is 2.43 bits per heavy atom. The van der Waals surface area contributed by atoms with Crippen LogP contribution in [0.2, 0.25) is 0 Å². The van der Waals surface area contributed by atoms with Crippen molar-refractivity contribution in [3.8, 4) is 10.4 Å². The third kappa shape index (κ3) is 5.35. The molecular weight excluding hydrogens is 432 g/mol. The summed E-state index contributed by atoms with van der Waals surface area (Å²) in [5.74, 6) is -1.17. The molecule has 2 aromatic rings. The van der Waals surface area contributed by atoms with Gasteiger partial charge < -0.3 is 4.90 Å². The number of thiophene rings is 1. The first-order valence-electron chi connectivity index (χ1n) is 9.77. The van der Waals surface area contributed by atoms with E-state index in [1.807, 2.05) is 6.92 Å². The van der Waals surface area contributed by atoms with Crippen LogP contribution in [0.15, 0.2) is 30.3 Å². The van der Waals surface area contributed by atoms with Gasteiger partial charge in [0.25, 0.3) is 0 Å². The van der Waals surface area contributed by atoms with Crippen LogP contribution in [0.5, 0.6) is 0 Å². The van der Waals surface area contributed by atoms with Crippen molar-refractivity contribution in [1.82, 2.24) is 9.21 Å². The topological polar surface area (TPSA) is 69.7 Å². The lowest BCUT2D eigenvalue weighted by atomic mass is 10.1. The number of halogens is 2. The molecular formula is C20H25F2N3O3S2. The number of piperidine rings is 1. The van der Waals surface area contributed by atoms with Gasteiger partial charge in [-0.3, -0.25) is 5.32 Å². The number of sulfonamides is 1. The van der Waals surface area contributed by atoms with E-state index in [-0.39, 0.29) is 17.8 Å². The van der Waals surface area contributed by atoms with E-state index >= 15 is 0 Å². The Labute approximate surface area is 179 Å². The van der Waals surface area contributed by atoms with Crippen LogP contribution in [-0.4, -0.2) is 55.6 Å². The van der Waals surface area contributed by atoms with E-state index in [1.54, 1.807) is 24.1 Å². The molecule has 1 aliphatic heterocycles. The highest BCUT2D eigenvalue weighted by atomic mass is 32.2. The van der Waals surface area contributed by atoms with Gasteiger partial charge >= 0.3 is 6.03 Å². The predicted octanol–water partition coefficient (Wildman–Crippen LogP) is 4.36. The van der Waals surface area contributed by atoms with Gasteiger partial charge in [0.15, 0.2) is 0 Å². The van der Waals surface area contributed by atoms with Crippen LogP contribution in [0, 0.1) is 11.6 Å². The molecule has 0 radical (unpaired) electrons. The van der Waals surface area contributed by atoms with E-state index in [9.17, 15) is 22.0 Å². The number of benzene rings is 1. The normalized spacial score (nSPS) is 15.9. The van der Waals surface area contributed by atoms with Crippen molar-refractivity contribution in [3.63, 3.8) is 0 Å². The van der Waals surface area contributed by atoms with Crippen molar-refractivity contribution in [2.75, 3.05) is 31.2 Å². The quantitative estimate of drug-likeness (QED) is 0.701. The average Bonchev–Trinajstić information content (AvgIpc) is 3.15. The van der Waals surface area contributed by atoms with Crippen LogP contribution in [0.25, 0.3) is 10.4 Å². The Morgan fingerprint density at radius 1 is 1.20 bits per heavy atom. The second kappa shape index (κ2) is 9.40. The lowest BCUT2D eigenvalue weighted by molar-refractivity contribution is 0.174. The summed E-state index contributed by atoms with van der Waals surface area (Å²) < 4.78 is 52.7. The van der Waals surface area contributed by atoms with E-state index in [2.05, 4.69) is 5.32 Å². The number of nitrogens with zero attached hydrogens (tertiary/aromatic N) is 2. The maximum Gasteiger partial charge on any atom is 0.322 e. The first-order valence-corrected chi connectivity index (χ1v) is 12.2. The number of amides is 2. The molecule has 1 aromatic carbocycles. The van der Waals surface area contributed by atoms with Crippen LogP contribution in [0.3, 0.4) is 0 Å². The highest BCUT2D eigenvalue weighted by Gasteiger charge is 2.30. The fourth-order valence-electron chi connectivity index (χ4n) is 3.51. The molecule has 0 bridgehead atoms. The highest BCUT2D eigenvalue weighted by molar-refractivity contribution is 7.89. The molecule has 1 aliphatic rings. The summed E-state index contributed by atoms with van der Waals surface area (Å²) in [5, 5.41) is 3.37. The zero-order chi connectivity index (χ0) is 21.9. The van der Waals surface area contributed by atoms with Gasteiger partial charge in [-0.25, -0.2) is 26.3 Å². The van der Waals surface area contributed by atoms with Gasteiger partial charge in [0.1, 0.15) is 11.6 Å². The molecule has 1 saturated heterocycles. The van der Waals surface area contributed by atoms with Gasteiger partial charge in [0.2, 0.25) is 10.0 Å². The van der Waals surface area contributed by atoms with Crippen LogP contribution in [0.1, 0.15) is 26.2 Å². The van der Waals surface area contributed by atoms with Crippen LogP contribution in [0.4, 0.5) is 18.6 Å². The van der Waals surface area contributed by atoms with Crippen LogP contribution in [-0.2, 0) is 10.0 Å². The Morgan fingerprint density at radius 2 is 1.83 bits per heavy atom. The molecule has 0 aliphatic carbocycles. The first kappa shape index (κ1) is 22.6. The van der Waals surface area contributed by atoms with E-state index in [0.29, 0.717) is 47.8 Å². The standard InChI is InChI=1S/C20H25F2N3O3S2/c1-3-10-30(27,28)25-8-6-17(7-9-25)24(2)20(26)23-19-5-4-18(29-19)14-11-15(21)13-16(22)12-14/h4-5,11-13,17H,3,6-10H2,1-2H3,(H,23,26). The summed E-state index contributed by atoms with van der Waals surface area (Å²) in [7, 11) is -1.53. The summed E-state index contributed by atoms with van der Waals surface area (Å²) in [6.07, 6.45) is 1.73. The largest absolute Gasteiger partial charge is 0.324 e. The molecule has 0 unspecified atom stereocenters.